The van der Waals surface area contributed by atoms with Crippen LogP contribution in [0, 0.1) is 29.1 Å². The molecule has 3 rings (SSSR count). The van der Waals surface area contributed by atoms with Crippen molar-refractivity contribution in [1.82, 2.24) is 4.98 Å². The molecular weight excluding hydrogens is 425 g/mol. The Hall–Kier alpha value is -2.78. The van der Waals surface area contributed by atoms with Gasteiger partial charge in [-0.1, -0.05) is 11.6 Å². The van der Waals surface area contributed by atoms with E-state index in [0.717, 1.165) is 6.08 Å². The smallest absolute Gasteiger partial charge is 0.266 e. The molecule has 3 aromatic rings. The van der Waals surface area contributed by atoms with Crippen LogP contribution >= 0.6 is 22.9 Å². The number of rotatable bonds is 3. The van der Waals surface area contributed by atoms with Gasteiger partial charge in [-0.05, 0) is 30.3 Å². The predicted octanol–water partition coefficient (Wildman–Crippen LogP) is 3.28. The van der Waals surface area contributed by atoms with Gasteiger partial charge >= 0.3 is 0 Å². The summed E-state index contributed by atoms with van der Waals surface area (Å²) in [7, 11) is 0. The number of aromatic amines is 1. The monoisotopic (exact) mass is 431 g/mol. The van der Waals surface area contributed by atoms with Gasteiger partial charge < -0.3 is 4.98 Å². The lowest BCUT2D eigenvalue weighted by molar-refractivity contribution is 0.106. The van der Waals surface area contributed by atoms with Gasteiger partial charge in [0, 0.05) is 16.7 Å². The van der Waals surface area contributed by atoms with Gasteiger partial charge in [-0.3, -0.25) is 9.59 Å². The maximum atomic E-state index is 13.8. The minimum Gasteiger partial charge on any atom is -0.313 e. The Morgan fingerprint density at radius 1 is 0.929 bits per heavy atom. The lowest BCUT2D eigenvalue weighted by Gasteiger charge is -2.03. The molecule has 0 aliphatic rings. The molecule has 0 fully saturated rings. The third-order valence-corrected chi connectivity index (χ3v) is 4.81. The largest absolute Gasteiger partial charge is 0.313 e. The highest BCUT2D eigenvalue weighted by atomic mass is 35.5. The summed E-state index contributed by atoms with van der Waals surface area (Å²) in [4.78, 5) is 26.4. The molecule has 3 nitrogen and oxygen atoms in total. The normalized spacial score (nSPS) is 12.6. The fourth-order valence-corrected chi connectivity index (χ4v) is 3.21. The van der Waals surface area contributed by atoms with Gasteiger partial charge in [0.05, 0.1) is 14.8 Å². The topological polar surface area (TPSA) is 49.9 Å². The van der Waals surface area contributed by atoms with Crippen LogP contribution in [0.4, 0.5) is 22.0 Å². The summed E-state index contributed by atoms with van der Waals surface area (Å²) in [5, 5.41) is 0.417. The number of ketones is 1. The Bertz CT molecular complexity index is 1240. The van der Waals surface area contributed by atoms with Crippen molar-refractivity contribution in [3.05, 3.63) is 89.1 Å². The number of hydrogen-bond donors (Lipinski definition) is 1. The molecule has 0 saturated heterocycles. The van der Waals surface area contributed by atoms with E-state index in [0.29, 0.717) is 22.4 Å². The maximum Gasteiger partial charge on any atom is 0.266 e. The predicted molar refractivity (Wildman–Crippen MR) is 94.2 cm³/mol. The standard InChI is InChI=1S/C18H7ClF5NO2S/c19-8-3-1-7(2-4-8)10(26)6-12-25-18(27)11(28-12)5-9-13(20)15(22)17(24)16(23)14(9)21/h1-6H,(H,25,27)/b11-5-,12-6-. The summed E-state index contributed by atoms with van der Waals surface area (Å²) in [5.41, 5.74) is -1.84. The zero-order chi connectivity index (χ0) is 20.6. The van der Waals surface area contributed by atoms with E-state index >= 15 is 0 Å². The molecule has 0 amide bonds. The van der Waals surface area contributed by atoms with E-state index in [4.69, 9.17) is 11.6 Å². The Kier molecular flexibility index (Phi) is 5.48. The van der Waals surface area contributed by atoms with E-state index in [1.54, 1.807) is 0 Å². The van der Waals surface area contributed by atoms with Crippen LogP contribution in [0.5, 0.6) is 0 Å². The van der Waals surface area contributed by atoms with Gasteiger partial charge in [0.15, 0.2) is 29.1 Å². The number of carbonyl (C=O) groups is 1. The Morgan fingerprint density at radius 2 is 1.46 bits per heavy atom. The fraction of sp³-hybridized carbons (Fsp3) is 0. The number of hydrogen-bond acceptors (Lipinski definition) is 3. The van der Waals surface area contributed by atoms with Crippen LogP contribution < -0.4 is 14.8 Å². The highest BCUT2D eigenvalue weighted by molar-refractivity contribution is 7.07. The summed E-state index contributed by atoms with van der Waals surface area (Å²) < 4.78 is 66.8. The van der Waals surface area contributed by atoms with E-state index in [-0.39, 0.29) is 14.8 Å². The number of benzene rings is 2. The van der Waals surface area contributed by atoms with E-state index in [2.05, 4.69) is 4.98 Å². The third-order valence-electron chi connectivity index (χ3n) is 3.59. The first kappa shape index (κ1) is 20.0. The number of H-pyrrole nitrogens is 1. The Morgan fingerprint density at radius 3 is 2.04 bits per heavy atom. The molecule has 10 heteroatoms. The van der Waals surface area contributed by atoms with Crippen molar-refractivity contribution in [3.63, 3.8) is 0 Å². The molecule has 144 valence electrons. The highest BCUT2D eigenvalue weighted by Gasteiger charge is 2.24. The van der Waals surface area contributed by atoms with Crippen LogP contribution in [0.15, 0.2) is 29.1 Å². The number of aromatic nitrogens is 1. The summed E-state index contributed by atoms with van der Waals surface area (Å²) in [6.45, 7) is 0. The van der Waals surface area contributed by atoms with E-state index in [1.165, 1.54) is 24.3 Å². The average molecular weight is 432 g/mol. The van der Waals surface area contributed by atoms with Crippen LogP contribution in [0.25, 0.3) is 12.2 Å². The molecule has 0 radical (unpaired) electrons. The molecule has 0 saturated carbocycles. The molecule has 0 bridgehead atoms. The minimum absolute atomic E-state index is 0.0278. The van der Waals surface area contributed by atoms with Crippen molar-refractivity contribution in [2.24, 2.45) is 0 Å². The number of Topliss-reactive ketones (excluding diaryl/α,β-unsaturated/α-hetero) is 1. The van der Waals surface area contributed by atoms with Crippen molar-refractivity contribution >= 4 is 40.9 Å². The number of nitrogens with one attached hydrogen (secondary N) is 1. The van der Waals surface area contributed by atoms with Gasteiger partial charge in [0.1, 0.15) is 0 Å². The van der Waals surface area contributed by atoms with Crippen LogP contribution in [-0.2, 0) is 0 Å². The second kappa shape index (κ2) is 7.69. The van der Waals surface area contributed by atoms with Crippen molar-refractivity contribution in [3.8, 4) is 0 Å². The molecule has 0 aliphatic heterocycles. The maximum absolute atomic E-state index is 13.8. The molecule has 0 aliphatic carbocycles. The first-order valence-corrected chi connectivity index (χ1v) is 8.62. The van der Waals surface area contributed by atoms with E-state index in [1.807, 2.05) is 0 Å². The zero-order valence-corrected chi connectivity index (χ0v) is 15.0. The molecule has 0 atom stereocenters. The zero-order valence-electron chi connectivity index (χ0n) is 13.5. The van der Waals surface area contributed by atoms with Crippen LogP contribution in [0.3, 0.4) is 0 Å². The highest BCUT2D eigenvalue weighted by Crippen LogP contribution is 2.23. The van der Waals surface area contributed by atoms with Gasteiger partial charge in [-0.15, -0.1) is 11.3 Å². The van der Waals surface area contributed by atoms with Crippen molar-refractivity contribution in [2.45, 2.75) is 0 Å². The molecule has 0 spiro atoms. The first-order chi connectivity index (χ1) is 13.2. The molecule has 0 unspecified atom stereocenters. The van der Waals surface area contributed by atoms with E-state index < -0.39 is 46.0 Å². The van der Waals surface area contributed by atoms with Crippen LogP contribution in [0.2, 0.25) is 5.02 Å². The Labute approximate surface area is 162 Å². The molecule has 1 heterocycles. The van der Waals surface area contributed by atoms with Gasteiger partial charge in [-0.25, -0.2) is 22.0 Å². The van der Waals surface area contributed by atoms with Gasteiger partial charge in [0.2, 0.25) is 5.82 Å². The SMILES string of the molecule is O=C(/C=c1/[nH]c(=O)/c(=C/c2c(F)c(F)c(F)c(F)c2F)s1)c1ccc(Cl)cc1. The quantitative estimate of drug-likeness (QED) is 0.299. The molecular formula is C18H7ClF5NO2S. The minimum atomic E-state index is -2.30. The summed E-state index contributed by atoms with van der Waals surface area (Å²) >= 11 is 6.34. The third kappa shape index (κ3) is 3.76. The lowest BCUT2D eigenvalue weighted by atomic mass is 10.1. The number of carbonyl (C=O) groups excluding carboxylic acids is 1. The molecule has 1 N–H and O–H groups in total. The van der Waals surface area contributed by atoms with E-state index in [9.17, 15) is 31.5 Å². The number of thiazole rings is 1. The van der Waals surface area contributed by atoms with Crippen LogP contribution in [0.1, 0.15) is 15.9 Å². The Balaban J connectivity index is 2.10. The molecule has 28 heavy (non-hydrogen) atoms. The first-order valence-electron chi connectivity index (χ1n) is 7.43. The second-order valence-electron chi connectivity index (χ2n) is 5.43. The fourth-order valence-electron chi connectivity index (χ4n) is 2.22. The molecule has 1 aromatic heterocycles. The van der Waals surface area contributed by atoms with Crippen molar-refractivity contribution in [2.75, 3.05) is 0 Å². The van der Waals surface area contributed by atoms with Crippen LogP contribution in [-0.4, -0.2) is 10.8 Å². The second-order valence-corrected chi connectivity index (χ2v) is 6.95. The summed E-state index contributed by atoms with van der Waals surface area (Å²) in [6.07, 6.45) is 1.59. The summed E-state index contributed by atoms with van der Waals surface area (Å²) in [5.74, 6) is -11.2. The van der Waals surface area contributed by atoms with Crippen molar-refractivity contribution in [1.29, 1.82) is 0 Å². The lowest BCUT2D eigenvalue weighted by Crippen LogP contribution is -2.20. The number of halogens is 6. The molecule has 2 aromatic carbocycles. The van der Waals surface area contributed by atoms with Gasteiger partial charge in [0.25, 0.3) is 5.56 Å². The average Bonchev–Trinajstić information content (AvgIpc) is 3.01. The summed E-state index contributed by atoms with van der Waals surface area (Å²) in [6, 6.07) is 5.88. The van der Waals surface area contributed by atoms with Crippen molar-refractivity contribution < 1.29 is 26.7 Å². The van der Waals surface area contributed by atoms with Gasteiger partial charge in [-0.2, -0.15) is 0 Å².